The largest absolute Gasteiger partial charge is 0.439 e. The van der Waals surface area contributed by atoms with Crippen molar-refractivity contribution in [3.8, 4) is 11.6 Å². The van der Waals surface area contributed by atoms with Gasteiger partial charge < -0.3 is 10.5 Å². The molecular formula is C13H10F4N2O. The number of benzene rings is 1. The summed E-state index contributed by atoms with van der Waals surface area (Å²) in [5, 5.41) is 0. The molecule has 1 aromatic heterocycles. The Balaban J connectivity index is 2.35. The summed E-state index contributed by atoms with van der Waals surface area (Å²) < 4.78 is 55.8. The lowest BCUT2D eigenvalue weighted by Gasteiger charge is -2.12. The summed E-state index contributed by atoms with van der Waals surface area (Å²) >= 11 is 0. The molecule has 0 amide bonds. The van der Waals surface area contributed by atoms with E-state index < -0.39 is 17.7 Å². The monoisotopic (exact) mass is 286 g/mol. The van der Waals surface area contributed by atoms with Gasteiger partial charge in [0.25, 0.3) is 0 Å². The number of nitrogens with two attached hydrogens (primary N) is 1. The fraction of sp³-hybridized carbons (Fsp3) is 0.154. The molecule has 1 heterocycles. The highest BCUT2D eigenvalue weighted by Crippen LogP contribution is 2.31. The molecule has 0 radical (unpaired) electrons. The molecule has 0 saturated carbocycles. The van der Waals surface area contributed by atoms with Crippen LogP contribution in [0.2, 0.25) is 0 Å². The zero-order chi connectivity index (χ0) is 14.8. The molecule has 2 N–H and O–H groups in total. The van der Waals surface area contributed by atoms with E-state index in [-0.39, 0.29) is 18.2 Å². The standard InChI is InChI=1S/C13H10F4N2O/c14-9-2-4-10(5-3-9)20-12-8(7-18)1-6-11(19-12)13(15,16)17/h1-6H,7,18H2. The lowest BCUT2D eigenvalue weighted by Crippen LogP contribution is -2.10. The minimum atomic E-state index is -4.58. The number of pyridine rings is 1. The first-order valence-corrected chi connectivity index (χ1v) is 5.61. The highest BCUT2D eigenvalue weighted by Gasteiger charge is 2.33. The molecule has 1 aromatic carbocycles. The van der Waals surface area contributed by atoms with Gasteiger partial charge in [-0.05, 0) is 30.3 Å². The van der Waals surface area contributed by atoms with Crippen LogP contribution >= 0.6 is 0 Å². The summed E-state index contributed by atoms with van der Waals surface area (Å²) in [5.41, 5.74) is 4.67. The second-order valence-corrected chi connectivity index (χ2v) is 3.92. The van der Waals surface area contributed by atoms with Crippen LogP contribution in [0.1, 0.15) is 11.3 Å². The van der Waals surface area contributed by atoms with Crippen LogP contribution in [0.15, 0.2) is 36.4 Å². The van der Waals surface area contributed by atoms with Crippen LogP contribution in [-0.2, 0) is 12.7 Å². The summed E-state index contributed by atoms with van der Waals surface area (Å²) in [6.45, 7) is -0.0261. The van der Waals surface area contributed by atoms with Gasteiger partial charge in [0.15, 0.2) is 0 Å². The molecule has 0 aliphatic rings. The van der Waals surface area contributed by atoms with Crippen LogP contribution in [0.4, 0.5) is 17.6 Å². The van der Waals surface area contributed by atoms with E-state index >= 15 is 0 Å². The fourth-order valence-electron chi connectivity index (χ4n) is 1.49. The Hall–Kier alpha value is -2.15. The van der Waals surface area contributed by atoms with E-state index in [9.17, 15) is 17.6 Å². The zero-order valence-corrected chi connectivity index (χ0v) is 10.1. The van der Waals surface area contributed by atoms with Gasteiger partial charge in [-0.25, -0.2) is 9.37 Å². The molecule has 0 unspecified atom stereocenters. The average molecular weight is 286 g/mol. The molecule has 0 spiro atoms. The van der Waals surface area contributed by atoms with Gasteiger partial charge in [0.1, 0.15) is 17.3 Å². The van der Waals surface area contributed by atoms with Crippen molar-refractivity contribution in [2.75, 3.05) is 0 Å². The molecule has 20 heavy (non-hydrogen) atoms. The number of halogens is 4. The Bertz CT molecular complexity index is 596. The second kappa shape index (κ2) is 5.46. The van der Waals surface area contributed by atoms with Crippen LogP contribution in [0.3, 0.4) is 0 Å². The molecule has 106 valence electrons. The van der Waals surface area contributed by atoms with Crippen molar-refractivity contribution in [3.63, 3.8) is 0 Å². The fourth-order valence-corrected chi connectivity index (χ4v) is 1.49. The molecule has 2 rings (SSSR count). The molecule has 0 fully saturated rings. The Kier molecular flexibility index (Phi) is 3.89. The number of hydrogen-bond donors (Lipinski definition) is 1. The van der Waals surface area contributed by atoms with Crippen molar-refractivity contribution < 1.29 is 22.3 Å². The number of aromatic nitrogens is 1. The van der Waals surface area contributed by atoms with E-state index in [0.717, 1.165) is 18.2 Å². The third kappa shape index (κ3) is 3.24. The molecule has 7 heteroatoms. The topological polar surface area (TPSA) is 48.1 Å². The first-order chi connectivity index (χ1) is 9.40. The third-order valence-electron chi connectivity index (χ3n) is 2.48. The first-order valence-electron chi connectivity index (χ1n) is 5.61. The summed E-state index contributed by atoms with van der Waals surface area (Å²) in [6.07, 6.45) is -4.58. The summed E-state index contributed by atoms with van der Waals surface area (Å²) in [5.74, 6) is -0.546. The minimum Gasteiger partial charge on any atom is -0.439 e. The molecule has 0 aliphatic carbocycles. The Morgan fingerprint density at radius 3 is 2.25 bits per heavy atom. The van der Waals surface area contributed by atoms with E-state index in [4.69, 9.17) is 10.5 Å². The number of rotatable bonds is 3. The number of hydrogen-bond acceptors (Lipinski definition) is 3. The van der Waals surface area contributed by atoms with E-state index in [1.807, 2.05) is 0 Å². The van der Waals surface area contributed by atoms with Crippen molar-refractivity contribution in [3.05, 3.63) is 53.5 Å². The lowest BCUT2D eigenvalue weighted by atomic mass is 10.2. The summed E-state index contributed by atoms with van der Waals surface area (Å²) in [6, 6.07) is 6.87. The van der Waals surface area contributed by atoms with Crippen molar-refractivity contribution in [1.29, 1.82) is 0 Å². The first kappa shape index (κ1) is 14.3. The molecule has 0 bridgehead atoms. The Labute approximate surface area is 112 Å². The van der Waals surface area contributed by atoms with Gasteiger partial charge in [0, 0.05) is 12.1 Å². The van der Waals surface area contributed by atoms with E-state index in [2.05, 4.69) is 4.98 Å². The highest BCUT2D eigenvalue weighted by molar-refractivity contribution is 5.34. The van der Waals surface area contributed by atoms with Gasteiger partial charge in [0.05, 0.1) is 0 Å². The molecule has 0 aliphatic heterocycles. The van der Waals surface area contributed by atoms with Gasteiger partial charge in [0.2, 0.25) is 5.88 Å². The predicted octanol–water partition coefficient (Wildman–Crippen LogP) is 3.49. The van der Waals surface area contributed by atoms with Crippen LogP contribution in [0.25, 0.3) is 0 Å². The van der Waals surface area contributed by atoms with E-state index in [1.54, 1.807) is 0 Å². The van der Waals surface area contributed by atoms with Crippen LogP contribution in [0, 0.1) is 5.82 Å². The van der Waals surface area contributed by atoms with Gasteiger partial charge in [-0.15, -0.1) is 0 Å². The van der Waals surface area contributed by atoms with Gasteiger partial charge in [-0.3, -0.25) is 0 Å². The molecular weight excluding hydrogens is 276 g/mol. The Morgan fingerprint density at radius 2 is 1.70 bits per heavy atom. The SMILES string of the molecule is NCc1ccc(C(F)(F)F)nc1Oc1ccc(F)cc1. The molecule has 0 atom stereocenters. The summed E-state index contributed by atoms with van der Waals surface area (Å²) in [4.78, 5) is 3.41. The quantitative estimate of drug-likeness (QED) is 0.879. The van der Waals surface area contributed by atoms with Gasteiger partial charge in [-0.1, -0.05) is 6.07 Å². The maximum atomic E-state index is 12.8. The van der Waals surface area contributed by atoms with Gasteiger partial charge in [-0.2, -0.15) is 13.2 Å². The third-order valence-corrected chi connectivity index (χ3v) is 2.48. The molecule has 3 nitrogen and oxygen atoms in total. The van der Waals surface area contributed by atoms with E-state index in [0.29, 0.717) is 5.56 Å². The number of ether oxygens (including phenoxy) is 1. The number of nitrogens with zero attached hydrogens (tertiary/aromatic N) is 1. The summed E-state index contributed by atoms with van der Waals surface area (Å²) in [7, 11) is 0. The minimum absolute atomic E-state index is 0.0261. The second-order valence-electron chi connectivity index (χ2n) is 3.92. The van der Waals surface area contributed by atoms with Crippen molar-refractivity contribution in [2.45, 2.75) is 12.7 Å². The average Bonchev–Trinajstić information content (AvgIpc) is 2.40. The molecule has 2 aromatic rings. The van der Waals surface area contributed by atoms with Crippen molar-refractivity contribution in [1.82, 2.24) is 4.98 Å². The smallest absolute Gasteiger partial charge is 0.433 e. The van der Waals surface area contributed by atoms with Crippen molar-refractivity contribution in [2.24, 2.45) is 5.73 Å². The van der Waals surface area contributed by atoms with E-state index in [1.165, 1.54) is 18.2 Å². The normalized spacial score (nSPS) is 11.4. The maximum absolute atomic E-state index is 12.8. The Morgan fingerprint density at radius 1 is 1.05 bits per heavy atom. The van der Waals surface area contributed by atoms with Gasteiger partial charge >= 0.3 is 6.18 Å². The number of alkyl halides is 3. The maximum Gasteiger partial charge on any atom is 0.433 e. The van der Waals surface area contributed by atoms with Crippen LogP contribution < -0.4 is 10.5 Å². The van der Waals surface area contributed by atoms with Crippen LogP contribution in [0.5, 0.6) is 11.6 Å². The zero-order valence-electron chi connectivity index (χ0n) is 10.1. The molecule has 0 saturated heterocycles. The van der Waals surface area contributed by atoms with Crippen molar-refractivity contribution >= 4 is 0 Å². The van der Waals surface area contributed by atoms with Crippen LogP contribution in [-0.4, -0.2) is 4.98 Å². The predicted molar refractivity (Wildman–Crippen MR) is 63.6 cm³/mol. The highest BCUT2D eigenvalue weighted by atomic mass is 19.4. The lowest BCUT2D eigenvalue weighted by molar-refractivity contribution is -0.141.